The standard InChI is InChI=1S/C20H17F4N5O4/c1-3-11-6-12(21)13(29-17(31)8-16(20(22,23)24)28(2)19(29)32)7-14(11)33-15-9-25-10-27-18(15)26-4-5-30/h5-10H,3-4H2,1-2H3,(H,25,26,27). The molecule has 0 fully saturated rings. The third-order valence-corrected chi connectivity index (χ3v) is 4.61. The van der Waals surface area contributed by atoms with Crippen molar-refractivity contribution in [2.75, 3.05) is 11.9 Å². The molecule has 0 aliphatic heterocycles. The monoisotopic (exact) mass is 467 g/mol. The Kier molecular flexibility index (Phi) is 6.60. The summed E-state index contributed by atoms with van der Waals surface area (Å²) in [5, 5.41) is 2.69. The van der Waals surface area contributed by atoms with Crippen LogP contribution in [0.2, 0.25) is 0 Å². The summed E-state index contributed by atoms with van der Waals surface area (Å²) in [5.41, 5.74) is -4.49. The van der Waals surface area contributed by atoms with Crippen LogP contribution in [0.15, 0.2) is 40.3 Å². The summed E-state index contributed by atoms with van der Waals surface area (Å²) in [6.07, 6.45) is -1.62. The Morgan fingerprint density at radius 3 is 2.55 bits per heavy atom. The molecule has 13 heteroatoms. The second kappa shape index (κ2) is 9.22. The highest BCUT2D eigenvalue weighted by atomic mass is 19.4. The number of nitrogens with one attached hydrogen (secondary N) is 1. The van der Waals surface area contributed by atoms with Gasteiger partial charge in [0, 0.05) is 19.2 Å². The quantitative estimate of drug-likeness (QED) is 0.420. The molecule has 0 spiro atoms. The van der Waals surface area contributed by atoms with Gasteiger partial charge in [0.2, 0.25) is 0 Å². The highest BCUT2D eigenvalue weighted by molar-refractivity contribution is 5.61. The van der Waals surface area contributed by atoms with Gasteiger partial charge in [0.05, 0.1) is 18.4 Å². The van der Waals surface area contributed by atoms with Gasteiger partial charge in [-0.05, 0) is 18.1 Å². The average molecular weight is 467 g/mol. The minimum Gasteiger partial charge on any atom is -0.451 e. The van der Waals surface area contributed by atoms with E-state index in [0.717, 1.165) is 19.2 Å². The normalized spacial score (nSPS) is 11.3. The maximum Gasteiger partial charge on any atom is 0.431 e. The number of alkyl halides is 3. The molecule has 0 unspecified atom stereocenters. The molecule has 1 N–H and O–H groups in total. The summed E-state index contributed by atoms with van der Waals surface area (Å²) in [4.78, 5) is 43.4. The van der Waals surface area contributed by atoms with Crippen LogP contribution >= 0.6 is 0 Å². The van der Waals surface area contributed by atoms with Crippen molar-refractivity contribution in [3.8, 4) is 17.2 Å². The number of hydrogen-bond acceptors (Lipinski definition) is 7. The Balaban J connectivity index is 2.18. The highest BCUT2D eigenvalue weighted by Crippen LogP contribution is 2.32. The SMILES string of the molecule is CCc1cc(F)c(-n2c(=O)cc(C(F)(F)F)n(C)c2=O)cc1Oc1cncnc1NCC=O. The lowest BCUT2D eigenvalue weighted by Gasteiger charge is -2.17. The maximum absolute atomic E-state index is 14.9. The highest BCUT2D eigenvalue weighted by Gasteiger charge is 2.35. The minimum atomic E-state index is -4.96. The van der Waals surface area contributed by atoms with Crippen molar-refractivity contribution in [1.29, 1.82) is 0 Å². The van der Waals surface area contributed by atoms with E-state index in [1.54, 1.807) is 6.92 Å². The van der Waals surface area contributed by atoms with E-state index in [0.29, 0.717) is 11.8 Å². The van der Waals surface area contributed by atoms with Crippen LogP contribution in [0.1, 0.15) is 18.2 Å². The van der Waals surface area contributed by atoms with Gasteiger partial charge in [-0.2, -0.15) is 13.2 Å². The zero-order valence-electron chi connectivity index (χ0n) is 17.3. The zero-order valence-corrected chi connectivity index (χ0v) is 17.3. The molecule has 3 aromatic rings. The number of hydrogen-bond donors (Lipinski definition) is 1. The lowest BCUT2D eigenvalue weighted by atomic mass is 10.1. The number of anilines is 1. The van der Waals surface area contributed by atoms with Crippen molar-refractivity contribution in [2.24, 2.45) is 7.05 Å². The molecule has 0 bridgehead atoms. The van der Waals surface area contributed by atoms with Crippen LogP contribution in [-0.4, -0.2) is 31.9 Å². The molecule has 3 rings (SSSR count). The molecule has 33 heavy (non-hydrogen) atoms. The largest absolute Gasteiger partial charge is 0.451 e. The fraction of sp³-hybridized carbons (Fsp3) is 0.250. The second-order valence-electron chi connectivity index (χ2n) is 6.69. The van der Waals surface area contributed by atoms with Gasteiger partial charge in [-0.25, -0.2) is 23.7 Å². The molecule has 2 aromatic heterocycles. The first-order valence-corrected chi connectivity index (χ1v) is 9.46. The summed E-state index contributed by atoms with van der Waals surface area (Å²) < 4.78 is 60.4. The maximum atomic E-state index is 14.9. The van der Waals surface area contributed by atoms with E-state index in [9.17, 15) is 31.9 Å². The predicted octanol–water partition coefficient (Wildman–Crippen LogP) is 2.45. The van der Waals surface area contributed by atoms with Gasteiger partial charge in [0.1, 0.15) is 29.9 Å². The predicted molar refractivity (Wildman–Crippen MR) is 108 cm³/mol. The van der Waals surface area contributed by atoms with E-state index in [1.165, 1.54) is 12.5 Å². The van der Waals surface area contributed by atoms with Crippen molar-refractivity contribution in [3.05, 3.63) is 68.6 Å². The van der Waals surface area contributed by atoms with E-state index in [1.807, 2.05) is 0 Å². The van der Waals surface area contributed by atoms with E-state index < -0.39 is 34.6 Å². The molecule has 0 radical (unpaired) electrons. The number of carbonyl (C=O) groups is 1. The number of aryl methyl sites for hydroxylation is 1. The first-order chi connectivity index (χ1) is 15.6. The molecule has 0 aliphatic carbocycles. The van der Waals surface area contributed by atoms with Gasteiger partial charge in [0.25, 0.3) is 5.56 Å². The van der Waals surface area contributed by atoms with E-state index in [-0.39, 0.29) is 45.5 Å². The summed E-state index contributed by atoms with van der Waals surface area (Å²) in [6.45, 7) is 1.61. The molecule has 1 aromatic carbocycles. The number of aromatic nitrogens is 4. The molecule has 2 heterocycles. The molecule has 0 atom stereocenters. The zero-order chi connectivity index (χ0) is 24.3. The third kappa shape index (κ3) is 4.76. The number of nitrogens with zero attached hydrogens (tertiary/aromatic N) is 4. The van der Waals surface area contributed by atoms with Crippen LogP contribution in [-0.2, 0) is 24.4 Å². The fourth-order valence-corrected chi connectivity index (χ4v) is 3.03. The smallest absolute Gasteiger partial charge is 0.431 e. The molecular weight excluding hydrogens is 450 g/mol. The Bertz CT molecular complexity index is 1320. The lowest BCUT2D eigenvalue weighted by molar-refractivity contribution is -0.144. The summed E-state index contributed by atoms with van der Waals surface area (Å²) in [5.74, 6) is -0.805. The summed E-state index contributed by atoms with van der Waals surface area (Å²) in [7, 11) is 0.823. The van der Waals surface area contributed by atoms with E-state index >= 15 is 0 Å². The molecule has 0 saturated heterocycles. The van der Waals surface area contributed by atoms with Crippen LogP contribution in [0.3, 0.4) is 0 Å². The van der Waals surface area contributed by atoms with Crippen molar-refractivity contribution in [3.63, 3.8) is 0 Å². The van der Waals surface area contributed by atoms with Crippen LogP contribution in [0.25, 0.3) is 5.69 Å². The van der Waals surface area contributed by atoms with Gasteiger partial charge in [-0.15, -0.1) is 0 Å². The van der Waals surface area contributed by atoms with Crippen molar-refractivity contribution in [1.82, 2.24) is 19.1 Å². The minimum absolute atomic E-state index is 0.00621. The van der Waals surface area contributed by atoms with Crippen LogP contribution in [0.5, 0.6) is 11.5 Å². The Labute approximate surface area is 183 Å². The van der Waals surface area contributed by atoms with E-state index in [4.69, 9.17) is 4.74 Å². The summed E-state index contributed by atoms with van der Waals surface area (Å²) >= 11 is 0. The number of benzene rings is 1. The molecular formula is C20H17F4N5O4. The number of aldehydes is 1. The number of halogens is 4. The molecule has 9 nitrogen and oxygen atoms in total. The van der Waals surface area contributed by atoms with Gasteiger partial charge in [-0.3, -0.25) is 9.36 Å². The second-order valence-corrected chi connectivity index (χ2v) is 6.69. The van der Waals surface area contributed by atoms with Gasteiger partial charge in [-0.1, -0.05) is 6.92 Å². The summed E-state index contributed by atoms with van der Waals surface area (Å²) in [6, 6.07) is 2.25. The average Bonchev–Trinajstić information content (AvgIpc) is 2.76. The van der Waals surface area contributed by atoms with Crippen molar-refractivity contribution in [2.45, 2.75) is 19.5 Å². The molecule has 0 amide bonds. The third-order valence-electron chi connectivity index (χ3n) is 4.61. The van der Waals surface area contributed by atoms with Gasteiger partial charge in [0.15, 0.2) is 11.6 Å². The van der Waals surface area contributed by atoms with Crippen molar-refractivity contribution >= 4 is 12.1 Å². The fourth-order valence-electron chi connectivity index (χ4n) is 3.03. The number of rotatable bonds is 7. The van der Waals surface area contributed by atoms with Gasteiger partial charge < -0.3 is 14.8 Å². The Morgan fingerprint density at radius 1 is 1.18 bits per heavy atom. The Morgan fingerprint density at radius 2 is 1.91 bits per heavy atom. The van der Waals surface area contributed by atoms with Crippen LogP contribution < -0.4 is 21.3 Å². The molecule has 0 aliphatic rings. The lowest BCUT2D eigenvalue weighted by Crippen LogP contribution is -2.41. The van der Waals surface area contributed by atoms with Crippen LogP contribution in [0, 0.1) is 5.82 Å². The van der Waals surface area contributed by atoms with Gasteiger partial charge >= 0.3 is 11.9 Å². The number of carbonyl (C=O) groups excluding carboxylic acids is 1. The van der Waals surface area contributed by atoms with Crippen molar-refractivity contribution < 1.29 is 27.1 Å². The molecule has 0 saturated carbocycles. The Hall–Kier alpha value is -4.03. The number of ether oxygens (including phenoxy) is 1. The van der Waals surface area contributed by atoms with Crippen LogP contribution in [0.4, 0.5) is 23.4 Å². The first-order valence-electron chi connectivity index (χ1n) is 9.46. The van der Waals surface area contributed by atoms with E-state index in [2.05, 4.69) is 15.3 Å². The topological polar surface area (TPSA) is 108 Å². The first kappa shape index (κ1) is 23.6. The molecule has 174 valence electrons.